The highest BCUT2D eigenvalue weighted by molar-refractivity contribution is 5.88. The van der Waals surface area contributed by atoms with Gasteiger partial charge in [-0.1, -0.05) is 36.4 Å². The molecule has 2 aromatic carbocycles. The highest BCUT2D eigenvalue weighted by atomic mass is 16.5. The quantitative estimate of drug-likeness (QED) is 0.688. The minimum Gasteiger partial charge on any atom is -0.454 e. The first-order valence-electron chi connectivity index (χ1n) is 5.89. The van der Waals surface area contributed by atoms with E-state index in [1.54, 1.807) is 18.3 Å². The molecule has 0 radical (unpaired) electrons. The lowest BCUT2D eigenvalue weighted by molar-refractivity contribution is 0.484. The standard InChI is InChI=1S/C16H10N2O/c17-11-14-16(9-4-10-18-14)19-15-8-3-6-12-5-1-2-7-13(12)15/h1-10H. The number of aromatic nitrogens is 1. The second-order valence-electron chi connectivity index (χ2n) is 4.04. The summed E-state index contributed by atoms with van der Waals surface area (Å²) in [7, 11) is 0. The molecule has 0 saturated heterocycles. The fraction of sp³-hybridized carbons (Fsp3) is 0. The van der Waals surface area contributed by atoms with E-state index in [1.807, 2.05) is 48.5 Å². The molecule has 0 atom stereocenters. The van der Waals surface area contributed by atoms with Crippen LogP contribution in [0, 0.1) is 11.3 Å². The Labute approximate surface area is 110 Å². The molecule has 1 heterocycles. The Morgan fingerprint density at radius 3 is 2.58 bits per heavy atom. The molecule has 3 nitrogen and oxygen atoms in total. The van der Waals surface area contributed by atoms with E-state index in [-0.39, 0.29) is 5.69 Å². The first kappa shape index (κ1) is 11.2. The molecule has 0 aliphatic carbocycles. The summed E-state index contributed by atoms with van der Waals surface area (Å²) >= 11 is 0. The van der Waals surface area contributed by atoms with Crippen molar-refractivity contribution in [2.24, 2.45) is 0 Å². The topological polar surface area (TPSA) is 45.9 Å². The lowest BCUT2D eigenvalue weighted by Crippen LogP contribution is -1.91. The van der Waals surface area contributed by atoms with E-state index >= 15 is 0 Å². The third-order valence-electron chi connectivity index (χ3n) is 2.85. The van der Waals surface area contributed by atoms with Gasteiger partial charge in [-0.3, -0.25) is 0 Å². The summed E-state index contributed by atoms with van der Waals surface area (Å²) in [5, 5.41) is 11.1. The van der Waals surface area contributed by atoms with Crippen LogP contribution in [0.4, 0.5) is 0 Å². The van der Waals surface area contributed by atoms with Crippen LogP contribution in [0.1, 0.15) is 5.69 Å². The highest BCUT2D eigenvalue weighted by Gasteiger charge is 2.07. The summed E-state index contributed by atoms with van der Waals surface area (Å²) in [6, 6.07) is 19.3. The summed E-state index contributed by atoms with van der Waals surface area (Å²) in [5.41, 5.74) is 0.287. The summed E-state index contributed by atoms with van der Waals surface area (Å²) in [6.45, 7) is 0. The maximum Gasteiger partial charge on any atom is 0.183 e. The van der Waals surface area contributed by atoms with Crippen molar-refractivity contribution in [1.29, 1.82) is 5.26 Å². The second kappa shape index (κ2) is 4.79. The molecule has 0 saturated carbocycles. The first-order valence-corrected chi connectivity index (χ1v) is 5.89. The van der Waals surface area contributed by atoms with Gasteiger partial charge in [0.25, 0.3) is 0 Å². The summed E-state index contributed by atoms with van der Waals surface area (Å²) in [6.07, 6.45) is 1.58. The molecule has 3 rings (SSSR count). The van der Waals surface area contributed by atoms with Gasteiger partial charge in [-0.05, 0) is 23.6 Å². The summed E-state index contributed by atoms with van der Waals surface area (Å²) in [5.74, 6) is 1.20. The van der Waals surface area contributed by atoms with Gasteiger partial charge in [0.1, 0.15) is 11.8 Å². The Morgan fingerprint density at radius 1 is 0.895 bits per heavy atom. The number of nitrogens with zero attached hydrogens (tertiary/aromatic N) is 2. The maximum atomic E-state index is 9.02. The average Bonchev–Trinajstić information content (AvgIpc) is 2.48. The zero-order chi connectivity index (χ0) is 13.1. The normalized spacial score (nSPS) is 10.1. The Kier molecular flexibility index (Phi) is 2.83. The number of hydrogen-bond acceptors (Lipinski definition) is 3. The van der Waals surface area contributed by atoms with Crippen molar-refractivity contribution in [3.63, 3.8) is 0 Å². The monoisotopic (exact) mass is 246 g/mol. The zero-order valence-electron chi connectivity index (χ0n) is 10.1. The van der Waals surface area contributed by atoms with Crippen molar-refractivity contribution in [2.75, 3.05) is 0 Å². The molecule has 3 heteroatoms. The summed E-state index contributed by atoms with van der Waals surface area (Å²) in [4.78, 5) is 3.99. The molecule has 90 valence electrons. The van der Waals surface area contributed by atoms with E-state index in [0.717, 1.165) is 16.5 Å². The number of ether oxygens (including phenoxy) is 1. The van der Waals surface area contributed by atoms with Crippen molar-refractivity contribution in [1.82, 2.24) is 4.98 Å². The van der Waals surface area contributed by atoms with Crippen LogP contribution in [0.15, 0.2) is 60.8 Å². The number of hydrogen-bond donors (Lipinski definition) is 0. The highest BCUT2D eigenvalue weighted by Crippen LogP contribution is 2.30. The van der Waals surface area contributed by atoms with Gasteiger partial charge in [0.15, 0.2) is 11.4 Å². The van der Waals surface area contributed by atoms with Crippen LogP contribution in [0.2, 0.25) is 0 Å². The molecular formula is C16H10N2O. The molecule has 3 aromatic rings. The Bertz CT molecular complexity index is 770. The molecule has 0 amide bonds. The zero-order valence-corrected chi connectivity index (χ0v) is 10.1. The third-order valence-corrected chi connectivity index (χ3v) is 2.85. The van der Waals surface area contributed by atoms with Crippen molar-refractivity contribution < 1.29 is 4.74 Å². The molecule has 0 aliphatic heterocycles. The Morgan fingerprint density at radius 2 is 1.68 bits per heavy atom. The van der Waals surface area contributed by atoms with E-state index in [0.29, 0.717) is 5.75 Å². The molecule has 1 aromatic heterocycles. The van der Waals surface area contributed by atoms with Crippen LogP contribution in [-0.4, -0.2) is 4.98 Å². The second-order valence-corrected chi connectivity index (χ2v) is 4.04. The average molecular weight is 246 g/mol. The van der Waals surface area contributed by atoms with E-state index in [4.69, 9.17) is 10.00 Å². The predicted octanol–water partition coefficient (Wildman–Crippen LogP) is 3.90. The molecule has 0 bridgehead atoms. The molecule has 0 N–H and O–H groups in total. The first-order chi connectivity index (χ1) is 9.38. The van der Waals surface area contributed by atoms with Gasteiger partial charge in [-0.25, -0.2) is 4.98 Å². The minimum absolute atomic E-state index is 0.287. The van der Waals surface area contributed by atoms with Crippen LogP contribution in [-0.2, 0) is 0 Å². The Balaban J connectivity index is 2.09. The molecule has 0 unspecified atom stereocenters. The molecule has 0 aliphatic rings. The van der Waals surface area contributed by atoms with Crippen LogP contribution in [0.5, 0.6) is 11.5 Å². The van der Waals surface area contributed by atoms with Gasteiger partial charge >= 0.3 is 0 Å². The minimum atomic E-state index is 0.287. The molecule has 0 spiro atoms. The van der Waals surface area contributed by atoms with Crippen molar-refractivity contribution in [3.8, 4) is 17.6 Å². The predicted molar refractivity (Wildman–Crippen MR) is 73.0 cm³/mol. The van der Waals surface area contributed by atoms with Crippen LogP contribution in [0.25, 0.3) is 10.8 Å². The molecule has 0 fully saturated rings. The third kappa shape index (κ3) is 2.12. The van der Waals surface area contributed by atoms with Crippen LogP contribution < -0.4 is 4.74 Å². The summed E-state index contributed by atoms with van der Waals surface area (Å²) < 4.78 is 5.83. The van der Waals surface area contributed by atoms with E-state index < -0.39 is 0 Å². The van der Waals surface area contributed by atoms with Gasteiger partial charge in [-0.15, -0.1) is 0 Å². The number of rotatable bonds is 2. The van der Waals surface area contributed by atoms with Crippen molar-refractivity contribution >= 4 is 10.8 Å². The van der Waals surface area contributed by atoms with Crippen LogP contribution >= 0.6 is 0 Å². The fourth-order valence-corrected chi connectivity index (χ4v) is 1.96. The smallest absolute Gasteiger partial charge is 0.183 e. The molecule has 19 heavy (non-hydrogen) atoms. The largest absolute Gasteiger partial charge is 0.454 e. The maximum absolute atomic E-state index is 9.02. The van der Waals surface area contributed by atoms with E-state index in [1.165, 1.54) is 0 Å². The van der Waals surface area contributed by atoms with Gasteiger partial charge in [0.2, 0.25) is 0 Å². The lowest BCUT2D eigenvalue weighted by atomic mass is 10.1. The van der Waals surface area contributed by atoms with E-state index in [9.17, 15) is 0 Å². The van der Waals surface area contributed by atoms with Gasteiger partial charge in [-0.2, -0.15) is 5.26 Å². The fourth-order valence-electron chi connectivity index (χ4n) is 1.96. The van der Waals surface area contributed by atoms with Crippen molar-refractivity contribution in [3.05, 3.63) is 66.5 Å². The number of nitriles is 1. The van der Waals surface area contributed by atoms with Gasteiger partial charge in [0, 0.05) is 11.6 Å². The molecular weight excluding hydrogens is 236 g/mol. The van der Waals surface area contributed by atoms with Crippen molar-refractivity contribution in [2.45, 2.75) is 0 Å². The number of fused-ring (bicyclic) bond motifs is 1. The SMILES string of the molecule is N#Cc1ncccc1Oc1cccc2ccccc12. The van der Waals surface area contributed by atoms with Gasteiger partial charge < -0.3 is 4.74 Å². The van der Waals surface area contributed by atoms with Crippen LogP contribution in [0.3, 0.4) is 0 Å². The Hall–Kier alpha value is -2.86. The van der Waals surface area contributed by atoms with Gasteiger partial charge in [0.05, 0.1) is 0 Å². The van der Waals surface area contributed by atoms with E-state index in [2.05, 4.69) is 4.98 Å². The number of benzene rings is 2. The number of pyridine rings is 1. The lowest BCUT2D eigenvalue weighted by Gasteiger charge is -2.09.